The van der Waals surface area contributed by atoms with Crippen molar-refractivity contribution in [1.82, 2.24) is 19.3 Å². The summed E-state index contributed by atoms with van der Waals surface area (Å²) in [5.41, 5.74) is 6.14. The van der Waals surface area contributed by atoms with Gasteiger partial charge in [0.2, 0.25) is 0 Å². The van der Waals surface area contributed by atoms with E-state index < -0.39 is 11.8 Å². The first kappa shape index (κ1) is 24.7. The van der Waals surface area contributed by atoms with Crippen LogP contribution in [-0.2, 0) is 23.1 Å². The summed E-state index contributed by atoms with van der Waals surface area (Å²) < 4.78 is 9.03. The molecule has 0 radical (unpaired) electrons. The fraction of sp³-hybridized carbons (Fsp3) is 0.333. The van der Waals surface area contributed by atoms with Gasteiger partial charge in [0.1, 0.15) is 5.65 Å². The van der Waals surface area contributed by atoms with Crippen LogP contribution in [-0.4, -0.2) is 37.7 Å². The number of ketones is 1. The normalized spacial score (nSPS) is 11.4. The lowest BCUT2D eigenvalue weighted by molar-refractivity contribution is -0.137. The minimum Gasteiger partial charge on any atom is -0.460 e. The molecule has 0 amide bonds. The molecule has 0 saturated carbocycles. The number of fused-ring (bicyclic) bond motifs is 1. The summed E-state index contributed by atoms with van der Waals surface area (Å²) >= 11 is 6.17. The second-order valence-electron chi connectivity index (χ2n) is 8.98. The first-order valence-electron chi connectivity index (χ1n) is 11.6. The smallest absolute Gasteiger partial charge is 0.379 e. The molecule has 0 fully saturated rings. The number of aromatic nitrogens is 4. The lowest BCUT2D eigenvalue weighted by atomic mass is 9.91. The van der Waals surface area contributed by atoms with Crippen molar-refractivity contribution in [2.24, 2.45) is 7.05 Å². The number of ether oxygens (including phenoxy) is 1. The fourth-order valence-corrected chi connectivity index (χ4v) is 4.93. The number of esters is 1. The van der Waals surface area contributed by atoms with Crippen molar-refractivity contribution in [1.29, 1.82) is 0 Å². The highest BCUT2D eigenvalue weighted by Crippen LogP contribution is 2.40. The van der Waals surface area contributed by atoms with Gasteiger partial charge in [-0.1, -0.05) is 37.6 Å². The standard InChI is InChI=1S/C27H29ClN4O3/c1-7-35-27(34)25(33)22-17(5)30-26-21(23(22)19-8-10-20(28)11-9-19)16(4)24(15(2)3)32(26)14-18-12-29-31(6)13-18/h8-13,15H,7,14H2,1-6H3. The van der Waals surface area contributed by atoms with Crippen LogP contribution in [0, 0.1) is 13.8 Å². The van der Waals surface area contributed by atoms with Crippen LogP contribution < -0.4 is 0 Å². The van der Waals surface area contributed by atoms with Crippen molar-refractivity contribution in [3.05, 3.63) is 69.8 Å². The Balaban J connectivity index is 2.10. The van der Waals surface area contributed by atoms with E-state index in [1.54, 1.807) is 30.7 Å². The highest BCUT2D eigenvalue weighted by molar-refractivity contribution is 6.43. The molecule has 4 rings (SSSR count). The van der Waals surface area contributed by atoms with E-state index in [-0.39, 0.29) is 18.1 Å². The molecule has 0 unspecified atom stereocenters. The molecule has 0 aliphatic rings. The van der Waals surface area contributed by atoms with Gasteiger partial charge in [0.15, 0.2) is 0 Å². The fourth-order valence-electron chi connectivity index (χ4n) is 4.81. The van der Waals surface area contributed by atoms with Crippen molar-refractivity contribution in [2.45, 2.75) is 47.1 Å². The Bertz CT molecular complexity index is 1430. The van der Waals surface area contributed by atoms with Crippen molar-refractivity contribution in [3.63, 3.8) is 0 Å². The van der Waals surface area contributed by atoms with Crippen LogP contribution >= 0.6 is 11.6 Å². The van der Waals surface area contributed by atoms with E-state index in [4.69, 9.17) is 21.3 Å². The molecule has 0 bridgehead atoms. The summed E-state index contributed by atoms with van der Waals surface area (Å²) in [7, 11) is 1.89. The topological polar surface area (TPSA) is 79.0 Å². The number of pyridine rings is 1. The molecule has 1 aromatic carbocycles. The number of Topliss-reactive ketones (excluding diaryl/α,β-unsaturated/α-hetero) is 1. The number of rotatable bonds is 7. The van der Waals surface area contributed by atoms with Gasteiger partial charge < -0.3 is 9.30 Å². The lowest BCUT2D eigenvalue weighted by Gasteiger charge is -2.15. The van der Waals surface area contributed by atoms with Gasteiger partial charge in [0, 0.05) is 40.5 Å². The number of hydrogen-bond donors (Lipinski definition) is 0. The summed E-state index contributed by atoms with van der Waals surface area (Å²) in [6.07, 6.45) is 3.83. The third kappa shape index (κ3) is 4.48. The van der Waals surface area contributed by atoms with Crippen LogP contribution in [0.4, 0.5) is 0 Å². The summed E-state index contributed by atoms with van der Waals surface area (Å²) in [6.45, 7) is 10.5. The van der Waals surface area contributed by atoms with Crippen molar-refractivity contribution in [3.8, 4) is 11.1 Å². The molecular weight excluding hydrogens is 464 g/mol. The zero-order valence-corrected chi connectivity index (χ0v) is 21.6. The van der Waals surface area contributed by atoms with Gasteiger partial charge in [-0.3, -0.25) is 9.48 Å². The Morgan fingerprint density at radius 3 is 2.40 bits per heavy atom. The van der Waals surface area contributed by atoms with Gasteiger partial charge in [0.25, 0.3) is 5.78 Å². The summed E-state index contributed by atoms with van der Waals surface area (Å²) in [4.78, 5) is 30.8. The second-order valence-corrected chi connectivity index (χ2v) is 9.41. The van der Waals surface area contributed by atoms with Crippen LogP contribution in [0.15, 0.2) is 36.7 Å². The molecule has 4 aromatic rings. The van der Waals surface area contributed by atoms with E-state index in [2.05, 4.69) is 23.5 Å². The van der Waals surface area contributed by atoms with Crippen molar-refractivity contribution < 1.29 is 14.3 Å². The molecule has 0 aliphatic carbocycles. The van der Waals surface area contributed by atoms with E-state index in [0.717, 1.165) is 33.4 Å². The first-order chi connectivity index (χ1) is 16.6. The third-order valence-corrected chi connectivity index (χ3v) is 6.38. The van der Waals surface area contributed by atoms with E-state index >= 15 is 0 Å². The highest BCUT2D eigenvalue weighted by Gasteiger charge is 2.30. The van der Waals surface area contributed by atoms with E-state index in [0.29, 0.717) is 22.8 Å². The number of hydrogen-bond acceptors (Lipinski definition) is 5. The number of nitrogens with zero attached hydrogens (tertiary/aromatic N) is 4. The van der Waals surface area contributed by atoms with Gasteiger partial charge >= 0.3 is 5.97 Å². The molecule has 8 heteroatoms. The molecule has 0 spiro atoms. The number of halogens is 1. The zero-order valence-electron chi connectivity index (χ0n) is 20.8. The maximum Gasteiger partial charge on any atom is 0.379 e. The zero-order chi connectivity index (χ0) is 25.4. The molecule has 182 valence electrons. The monoisotopic (exact) mass is 492 g/mol. The number of carbonyl (C=O) groups is 2. The molecule has 0 aliphatic heterocycles. The second kappa shape index (κ2) is 9.66. The molecule has 0 atom stereocenters. The van der Waals surface area contributed by atoms with E-state index in [1.165, 1.54) is 0 Å². The van der Waals surface area contributed by atoms with Crippen LogP contribution in [0.3, 0.4) is 0 Å². The van der Waals surface area contributed by atoms with Crippen molar-refractivity contribution in [2.75, 3.05) is 6.61 Å². The van der Waals surface area contributed by atoms with Gasteiger partial charge in [-0.05, 0) is 49.9 Å². The predicted octanol–water partition coefficient (Wildman–Crippen LogP) is 5.62. The number of carbonyl (C=O) groups excluding carboxylic acids is 2. The Morgan fingerprint density at radius 1 is 1.14 bits per heavy atom. The van der Waals surface area contributed by atoms with Gasteiger partial charge in [0.05, 0.1) is 30.6 Å². The SMILES string of the molecule is CCOC(=O)C(=O)c1c(C)nc2c(c(C)c(C(C)C)n2Cc2cnn(C)c2)c1-c1ccc(Cl)cc1. The number of aryl methyl sites for hydroxylation is 3. The first-order valence-corrected chi connectivity index (χ1v) is 12.0. The summed E-state index contributed by atoms with van der Waals surface area (Å²) in [6, 6.07) is 7.29. The highest BCUT2D eigenvalue weighted by atomic mass is 35.5. The molecule has 35 heavy (non-hydrogen) atoms. The maximum atomic E-state index is 13.3. The van der Waals surface area contributed by atoms with E-state index in [1.807, 2.05) is 38.5 Å². The predicted molar refractivity (Wildman–Crippen MR) is 137 cm³/mol. The number of benzene rings is 1. The Kier molecular flexibility index (Phi) is 6.81. The third-order valence-electron chi connectivity index (χ3n) is 6.13. The molecule has 0 N–H and O–H groups in total. The molecule has 7 nitrogen and oxygen atoms in total. The van der Waals surface area contributed by atoms with E-state index in [9.17, 15) is 9.59 Å². The van der Waals surface area contributed by atoms with Crippen LogP contribution in [0.5, 0.6) is 0 Å². The van der Waals surface area contributed by atoms with Gasteiger partial charge in [-0.2, -0.15) is 5.10 Å². The van der Waals surface area contributed by atoms with Crippen LogP contribution in [0.2, 0.25) is 5.02 Å². The van der Waals surface area contributed by atoms with Crippen molar-refractivity contribution >= 4 is 34.4 Å². The summed E-state index contributed by atoms with van der Waals surface area (Å²) in [5.74, 6) is -1.39. The maximum absolute atomic E-state index is 13.3. The summed E-state index contributed by atoms with van der Waals surface area (Å²) in [5, 5.41) is 5.75. The Morgan fingerprint density at radius 2 is 1.83 bits per heavy atom. The average molecular weight is 493 g/mol. The Labute approximate surface area is 209 Å². The lowest BCUT2D eigenvalue weighted by Crippen LogP contribution is -2.20. The minimum absolute atomic E-state index is 0.119. The van der Waals surface area contributed by atoms with Gasteiger partial charge in [-0.25, -0.2) is 9.78 Å². The molecular formula is C27H29ClN4O3. The quantitative estimate of drug-likeness (QED) is 0.190. The molecule has 3 heterocycles. The minimum atomic E-state index is -0.886. The van der Waals surface area contributed by atoms with Crippen LogP contribution in [0.25, 0.3) is 22.2 Å². The van der Waals surface area contributed by atoms with Gasteiger partial charge in [-0.15, -0.1) is 0 Å². The molecule has 3 aromatic heterocycles. The average Bonchev–Trinajstić information content (AvgIpc) is 3.33. The molecule has 0 saturated heterocycles. The Hall–Kier alpha value is -3.45. The largest absolute Gasteiger partial charge is 0.460 e. The van der Waals surface area contributed by atoms with Crippen LogP contribution in [0.1, 0.15) is 59.6 Å².